The van der Waals surface area contributed by atoms with Gasteiger partial charge < -0.3 is 10.2 Å². The Morgan fingerprint density at radius 2 is 1.72 bits per heavy atom. The fraction of sp³-hybridized carbons (Fsp3) is 0.300. The van der Waals surface area contributed by atoms with Crippen molar-refractivity contribution in [2.75, 3.05) is 7.11 Å². The lowest BCUT2D eigenvalue weighted by molar-refractivity contribution is 0.0901. The Bertz CT molecular complexity index is 732. The fourth-order valence-electron chi connectivity index (χ4n) is 2.50. The molecule has 0 bridgehead atoms. The Morgan fingerprint density at radius 1 is 1.12 bits per heavy atom. The van der Waals surface area contributed by atoms with E-state index in [0.717, 1.165) is 11.1 Å². The maximum atomic E-state index is 13.2. The molecule has 0 spiro atoms. The van der Waals surface area contributed by atoms with Gasteiger partial charge in [-0.2, -0.15) is 0 Å². The van der Waals surface area contributed by atoms with Crippen LogP contribution in [0.15, 0.2) is 53.7 Å². The number of carbonyl (C=O) groups excluding carboxylic acids is 1. The number of halogens is 1. The van der Waals surface area contributed by atoms with E-state index in [1.54, 1.807) is 42.6 Å². The van der Waals surface area contributed by atoms with Crippen molar-refractivity contribution in [3.63, 3.8) is 0 Å². The molecule has 2 rings (SSSR count). The van der Waals surface area contributed by atoms with Gasteiger partial charge in [0.15, 0.2) is 0 Å². The molecule has 0 aliphatic carbocycles. The van der Waals surface area contributed by atoms with Crippen LogP contribution in [0.1, 0.15) is 48.3 Å². The molecule has 5 heteroatoms. The highest BCUT2D eigenvalue weighted by atomic mass is 19.1. The minimum atomic E-state index is -0.295. The van der Waals surface area contributed by atoms with E-state index < -0.39 is 0 Å². The number of hydrogen-bond acceptors (Lipinski definition) is 3. The summed E-state index contributed by atoms with van der Waals surface area (Å²) in [4.78, 5) is 17.3. The molecule has 1 amide bonds. The van der Waals surface area contributed by atoms with Gasteiger partial charge in [-0.1, -0.05) is 50.2 Å². The number of nitrogens with one attached hydrogen (secondary N) is 1. The highest BCUT2D eigenvalue weighted by Crippen LogP contribution is 2.33. The van der Waals surface area contributed by atoms with Crippen LogP contribution in [0, 0.1) is 11.2 Å². The van der Waals surface area contributed by atoms with Gasteiger partial charge in [0.25, 0.3) is 5.91 Å². The van der Waals surface area contributed by atoms with E-state index in [1.807, 2.05) is 20.8 Å². The smallest absolute Gasteiger partial charge is 0.251 e. The zero-order valence-corrected chi connectivity index (χ0v) is 14.9. The molecule has 2 aromatic carbocycles. The Kier molecular flexibility index (Phi) is 5.91. The van der Waals surface area contributed by atoms with E-state index in [4.69, 9.17) is 0 Å². The van der Waals surface area contributed by atoms with E-state index in [0.29, 0.717) is 5.56 Å². The largest absolute Gasteiger partial charge is 0.399 e. The van der Waals surface area contributed by atoms with Gasteiger partial charge in [-0.3, -0.25) is 4.79 Å². The second kappa shape index (κ2) is 7.92. The number of amides is 1. The summed E-state index contributed by atoms with van der Waals surface area (Å²) in [5.41, 5.74) is 2.03. The first kappa shape index (κ1) is 18.6. The molecule has 0 heterocycles. The number of nitrogens with zero attached hydrogens (tertiary/aromatic N) is 1. The second-order valence-electron chi connectivity index (χ2n) is 6.86. The van der Waals surface area contributed by atoms with Crippen molar-refractivity contribution in [3.05, 3.63) is 71.0 Å². The zero-order valence-electron chi connectivity index (χ0n) is 14.9. The lowest BCUT2D eigenvalue weighted by Crippen LogP contribution is -2.36. The molecule has 0 aliphatic heterocycles. The summed E-state index contributed by atoms with van der Waals surface area (Å²) in [6, 6.07) is 13.0. The predicted molar refractivity (Wildman–Crippen MR) is 97.1 cm³/mol. The first-order chi connectivity index (χ1) is 11.8. The van der Waals surface area contributed by atoms with Gasteiger partial charge in [0.2, 0.25) is 0 Å². The van der Waals surface area contributed by atoms with Gasteiger partial charge in [-0.15, -0.1) is 0 Å². The molecule has 0 aromatic heterocycles. The molecule has 0 saturated heterocycles. The van der Waals surface area contributed by atoms with Crippen molar-refractivity contribution >= 4 is 12.1 Å². The van der Waals surface area contributed by atoms with Crippen molar-refractivity contribution in [1.82, 2.24) is 5.32 Å². The summed E-state index contributed by atoms with van der Waals surface area (Å²) < 4.78 is 13.2. The van der Waals surface area contributed by atoms with Gasteiger partial charge in [-0.25, -0.2) is 4.39 Å². The second-order valence-corrected chi connectivity index (χ2v) is 6.86. The minimum Gasteiger partial charge on any atom is -0.399 e. The first-order valence-electron chi connectivity index (χ1n) is 8.04. The molecule has 1 N–H and O–H groups in total. The van der Waals surface area contributed by atoms with Crippen LogP contribution in [-0.2, 0) is 4.84 Å². The topological polar surface area (TPSA) is 50.7 Å². The summed E-state index contributed by atoms with van der Waals surface area (Å²) in [6.07, 6.45) is 1.57. The highest BCUT2D eigenvalue weighted by Gasteiger charge is 2.28. The molecule has 4 nitrogen and oxygen atoms in total. The van der Waals surface area contributed by atoms with Crippen LogP contribution < -0.4 is 5.32 Å². The van der Waals surface area contributed by atoms with Crippen LogP contribution in [0.4, 0.5) is 4.39 Å². The van der Waals surface area contributed by atoms with Crippen LogP contribution in [0.2, 0.25) is 0 Å². The summed E-state index contributed by atoms with van der Waals surface area (Å²) in [5.74, 6) is -0.476. The van der Waals surface area contributed by atoms with Gasteiger partial charge in [0.05, 0.1) is 12.3 Å². The van der Waals surface area contributed by atoms with E-state index in [1.165, 1.54) is 19.2 Å². The lowest BCUT2D eigenvalue weighted by atomic mass is 9.82. The van der Waals surface area contributed by atoms with Crippen molar-refractivity contribution in [1.29, 1.82) is 0 Å². The van der Waals surface area contributed by atoms with Gasteiger partial charge in [-0.05, 0) is 40.8 Å². The molecule has 1 unspecified atom stereocenters. The molecule has 132 valence electrons. The number of oxime groups is 1. The van der Waals surface area contributed by atoms with Crippen LogP contribution in [0.5, 0.6) is 0 Å². The maximum Gasteiger partial charge on any atom is 0.251 e. The molecule has 2 aromatic rings. The van der Waals surface area contributed by atoms with Gasteiger partial charge >= 0.3 is 0 Å². The maximum absolute atomic E-state index is 13.2. The predicted octanol–water partition coefficient (Wildman–Crippen LogP) is 4.32. The molecule has 0 fully saturated rings. The van der Waals surface area contributed by atoms with E-state index in [9.17, 15) is 9.18 Å². The van der Waals surface area contributed by atoms with Gasteiger partial charge in [0, 0.05) is 5.56 Å². The number of carbonyl (C=O) groups is 1. The summed E-state index contributed by atoms with van der Waals surface area (Å²) in [7, 11) is 1.47. The quantitative estimate of drug-likeness (QED) is 0.650. The number of rotatable bonds is 5. The van der Waals surface area contributed by atoms with Crippen LogP contribution in [0.3, 0.4) is 0 Å². The third-order valence-corrected chi connectivity index (χ3v) is 3.82. The van der Waals surface area contributed by atoms with Crippen molar-refractivity contribution in [2.24, 2.45) is 10.6 Å². The highest BCUT2D eigenvalue weighted by molar-refractivity contribution is 5.95. The Balaban J connectivity index is 2.19. The molecular formula is C20H23FN2O2. The van der Waals surface area contributed by atoms with Crippen molar-refractivity contribution in [3.8, 4) is 0 Å². The fourth-order valence-corrected chi connectivity index (χ4v) is 2.50. The minimum absolute atomic E-state index is 0.181. The third kappa shape index (κ3) is 5.14. The average Bonchev–Trinajstić information content (AvgIpc) is 2.58. The van der Waals surface area contributed by atoms with Crippen LogP contribution >= 0.6 is 0 Å². The van der Waals surface area contributed by atoms with E-state index in [2.05, 4.69) is 15.3 Å². The SMILES string of the molecule is CO/N=C/c1ccc(C(=O)NC(c2ccc(F)cc2)C(C)(C)C)cc1. The summed E-state index contributed by atoms with van der Waals surface area (Å²) in [5, 5.41) is 6.74. The third-order valence-electron chi connectivity index (χ3n) is 3.82. The molecule has 0 aliphatic rings. The zero-order chi connectivity index (χ0) is 18.4. The number of hydrogen-bond donors (Lipinski definition) is 1. The number of benzene rings is 2. The van der Waals surface area contributed by atoms with E-state index in [-0.39, 0.29) is 23.2 Å². The first-order valence-corrected chi connectivity index (χ1v) is 8.04. The van der Waals surface area contributed by atoms with Crippen LogP contribution in [0.25, 0.3) is 0 Å². The molecule has 0 radical (unpaired) electrons. The monoisotopic (exact) mass is 342 g/mol. The van der Waals surface area contributed by atoms with Crippen molar-refractivity contribution in [2.45, 2.75) is 26.8 Å². The van der Waals surface area contributed by atoms with Crippen molar-refractivity contribution < 1.29 is 14.0 Å². The van der Waals surface area contributed by atoms with Crippen LogP contribution in [-0.4, -0.2) is 19.2 Å². The standard InChI is InChI=1S/C20H23FN2O2/c1-20(2,3)18(15-9-11-17(21)12-10-15)23-19(24)16-7-5-14(6-8-16)13-22-25-4/h5-13,18H,1-4H3,(H,23,24)/b22-13+. The lowest BCUT2D eigenvalue weighted by Gasteiger charge is -2.32. The summed E-state index contributed by atoms with van der Waals surface area (Å²) in [6.45, 7) is 6.10. The van der Waals surface area contributed by atoms with Gasteiger partial charge in [0.1, 0.15) is 12.9 Å². The van der Waals surface area contributed by atoms with E-state index >= 15 is 0 Å². The molecule has 25 heavy (non-hydrogen) atoms. The molecule has 0 saturated carbocycles. The average molecular weight is 342 g/mol. The molecular weight excluding hydrogens is 319 g/mol. The molecule has 1 atom stereocenters. The summed E-state index contributed by atoms with van der Waals surface area (Å²) >= 11 is 0. The normalized spacial score (nSPS) is 12.8. The Labute approximate surface area is 147 Å². The Hall–Kier alpha value is -2.69. The Morgan fingerprint density at radius 3 is 2.24 bits per heavy atom.